The first-order chi connectivity index (χ1) is 5.54. The number of carbonyl (C=O) groups is 2. The average molecular weight is 222 g/mol. The molecule has 0 atom stereocenters. The Hall–Kier alpha value is 0.480. The van der Waals surface area contributed by atoms with Gasteiger partial charge in [0.25, 0.3) is 0 Å². The second-order valence-electron chi connectivity index (χ2n) is 1.98. The van der Waals surface area contributed by atoms with Gasteiger partial charge in [-0.05, 0) is 6.42 Å². The Morgan fingerprint density at radius 2 is 1.57 bits per heavy atom. The second kappa shape index (κ2) is 10.0. The predicted molar refractivity (Wildman–Crippen MR) is 53.9 cm³/mol. The molecule has 0 rings (SSSR count). The fraction of sp³-hybridized carbons (Fsp3) is 0.429. The van der Waals surface area contributed by atoms with Crippen LogP contribution in [0, 0.1) is 0 Å². The van der Waals surface area contributed by atoms with Crippen molar-refractivity contribution in [3.05, 3.63) is 11.3 Å². The first-order valence-corrected chi connectivity index (χ1v) is 3.28. The van der Waals surface area contributed by atoms with E-state index < -0.39 is 17.7 Å². The first-order valence-electron chi connectivity index (χ1n) is 3.28. The summed E-state index contributed by atoms with van der Waals surface area (Å²) in [5, 5.41) is 17.0. The van der Waals surface area contributed by atoms with Crippen LogP contribution in [0.4, 0.5) is 0 Å². The summed E-state index contributed by atoms with van der Waals surface area (Å²) in [5.41, 5.74) is -0.231. The van der Waals surface area contributed by atoms with Crippen LogP contribution in [0.15, 0.2) is 11.3 Å². The monoisotopic (exact) mass is 222 g/mol. The third-order valence-electron chi connectivity index (χ3n) is 1.28. The topological polar surface area (TPSA) is 83.8 Å². The van der Waals surface area contributed by atoms with Crippen molar-refractivity contribution in [2.24, 2.45) is 0 Å². The molecule has 0 aromatic heterocycles. The van der Waals surface area contributed by atoms with Crippen molar-refractivity contribution in [3.63, 3.8) is 0 Å². The van der Waals surface area contributed by atoms with Crippen molar-refractivity contribution in [2.75, 3.05) is 7.11 Å². The molecule has 5 nitrogen and oxygen atoms in total. The molecule has 0 radical (unpaired) electrons. The Morgan fingerprint density at radius 3 is 1.64 bits per heavy atom. The van der Waals surface area contributed by atoms with Crippen molar-refractivity contribution in [1.82, 2.24) is 0 Å². The number of rotatable bonds is 4. The fourth-order valence-corrected chi connectivity index (χ4v) is 0.748. The molecular formula is C7H12Na2O5. The number of ether oxygens (including phenoxy) is 1. The maximum atomic E-state index is 10.4. The molecule has 0 aromatic carbocycles. The minimum absolute atomic E-state index is 0. The molecule has 72 valence electrons. The Kier molecular flexibility index (Phi) is 14.3. The quantitative estimate of drug-likeness (QED) is 0.368. The van der Waals surface area contributed by atoms with Gasteiger partial charge in [-0.1, -0.05) is 6.92 Å². The molecule has 0 amide bonds. The van der Waals surface area contributed by atoms with Crippen LogP contribution >= 0.6 is 0 Å². The standard InChI is InChI=1S/C7H10O5.2Na.2H/c1-3-4(6(8)9)5(12-2)7(10)11;;;;/h3H2,1-2H3,(H,8,9)(H,10,11);;;;/b5-4+;;;;. The van der Waals surface area contributed by atoms with Crippen LogP contribution in [0.3, 0.4) is 0 Å². The van der Waals surface area contributed by atoms with Crippen LogP contribution in [-0.2, 0) is 14.3 Å². The summed E-state index contributed by atoms with van der Waals surface area (Å²) in [7, 11) is 1.13. The zero-order valence-electron chi connectivity index (χ0n) is 6.83. The summed E-state index contributed by atoms with van der Waals surface area (Å²) in [6, 6.07) is 0. The van der Waals surface area contributed by atoms with E-state index in [1.54, 1.807) is 6.92 Å². The van der Waals surface area contributed by atoms with Gasteiger partial charge in [-0.25, -0.2) is 9.59 Å². The third kappa shape index (κ3) is 6.06. The molecule has 0 fully saturated rings. The van der Waals surface area contributed by atoms with Gasteiger partial charge in [0.2, 0.25) is 5.76 Å². The molecule has 0 unspecified atom stereocenters. The predicted octanol–water partition coefficient (Wildman–Crippen LogP) is -0.831. The molecule has 0 bridgehead atoms. The van der Waals surface area contributed by atoms with Crippen molar-refractivity contribution < 1.29 is 24.5 Å². The van der Waals surface area contributed by atoms with Crippen LogP contribution < -0.4 is 0 Å². The molecule has 0 aliphatic rings. The number of methoxy groups -OCH3 is 1. The van der Waals surface area contributed by atoms with Gasteiger partial charge < -0.3 is 14.9 Å². The van der Waals surface area contributed by atoms with Crippen LogP contribution in [0.1, 0.15) is 13.3 Å². The van der Waals surface area contributed by atoms with Crippen molar-refractivity contribution in [3.8, 4) is 0 Å². The van der Waals surface area contributed by atoms with E-state index in [0.717, 1.165) is 7.11 Å². The van der Waals surface area contributed by atoms with Gasteiger partial charge in [-0.2, -0.15) is 0 Å². The summed E-state index contributed by atoms with van der Waals surface area (Å²) >= 11 is 0. The zero-order chi connectivity index (χ0) is 9.72. The van der Waals surface area contributed by atoms with E-state index in [2.05, 4.69) is 4.74 Å². The fourth-order valence-electron chi connectivity index (χ4n) is 0.748. The number of carboxylic acids is 2. The van der Waals surface area contributed by atoms with E-state index >= 15 is 0 Å². The van der Waals surface area contributed by atoms with Crippen molar-refractivity contribution in [1.29, 1.82) is 0 Å². The van der Waals surface area contributed by atoms with E-state index in [1.165, 1.54) is 0 Å². The Balaban J connectivity index is -0.000000605. The number of hydrogen-bond acceptors (Lipinski definition) is 3. The van der Waals surface area contributed by atoms with Crippen molar-refractivity contribution in [2.45, 2.75) is 13.3 Å². The van der Waals surface area contributed by atoms with E-state index in [1.807, 2.05) is 0 Å². The first kappa shape index (κ1) is 20.0. The molecule has 0 saturated carbocycles. The number of hydrogen-bond donors (Lipinski definition) is 2. The summed E-state index contributed by atoms with van der Waals surface area (Å²) in [5.74, 6) is -3.14. The molecule has 0 spiro atoms. The van der Waals surface area contributed by atoms with E-state index in [4.69, 9.17) is 10.2 Å². The van der Waals surface area contributed by atoms with Gasteiger partial charge in [0.05, 0.1) is 12.7 Å². The molecule has 0 aliphatic carbocycles. The van der Waals surface area contributed by atoms with Crippen LogP contribution in [0.25, 0.3) is 0 Å². The third-order valence-corrected chi connectivity index (χ3v) is 1.28. The zero-order valence-corrected chi connectivity index (χ0v) is 6.83. The number of carboxylic acid groups (broad SMARTS) is 2. The average Bonchev–Trinajstić information content (AvgIpc) is 1.98. The minimum atomic E-state index is -1.36. The summed E-state index contributed by atoms with van der Waals surface area (Å²) in [6.45, 7) is 1.55. The van der Waals surface area contributed by atoms with E-state index in [-0.39, 0.29) is 71.1 Å². The molecule has 2 N–H and O–H groups in total. The van der Waals surface area contributed by atoms with Crippen LogP contribution in [-0.4, -0.2) is 88.4 Å². The Labute approximate surface area is 126 Å². The molecule has 7 heteroatoms. The molecular weight excluding hydrogens is 210 g/mol. The Morgan fingerprint density at radius 1 is 1.14 bits per heavy atom. The van der Waals surface area contributed by atoms with Gasteiger partial charge in [0.15, 0.2) is 0 Å². The SMILES string of the molecule is CC/C(C(=O)O)=C(\OC)C(=O)O.[NaH].[NaH]. The van der Waals surface area contributed by atoms with Crippen LogP contribution in [0.2, 0.25) is 0 Å². The van der Waals surface area contributed by atoms with Crippen molar-refractivity contribution >= 4 is 71.1 Å². The summed E-state index contributed by atoms with van der Waals surface area (Å²) in [4.78, 5) is 20.8. The van der Waals surface area contributed by atoms with Crippen LogP contribution in [0.5, 0.6) is 0 Å². The second-order valence-corrected chi connectivity index (χ2v) is 1.98. The number of aliphatic carboxylic acids is 2. The van der Waals surface area contributed by atoms with Gasteiger partial charge in [0, 0.05) is 0 Å². The van der Waals surface area contributed by atoms with E-state index in [0.29, 0.717) is 0 Å². The molecule has 0 aromatic rings. The van der Waals surface area contributed by atoms with E-state index in [9.17, 15) is 9.59 Å². The van der Waals surface area contributed by atoms with Gasteiger partial charge >= 0.3 is 71.1 Å². The summed E-state index contributed by atoms with van der Waals surface area (Å²) in [6.07, 6.45) is 0.116. The molecule has 14 heavy (non-hydrogen) atoms. The molecule has 0 saturated heterocycles. The van der Waals surface area contributed by atoms with Gasteiger partial charge in [-0.15, -0.1) is 0 Å². The maximum absolute atomic E-state index is 10.4. The Bertz CT molecular complexity index is 212. The van der Waals surface area contributed by atoms with Gasteiger partial charge in [0.1, 0.15) is 0 Å². The summed E-state index contributed by atoms with van der Waals surface area (Å²) < 4.78 is 4.43. The van der Waals surface area contributed by atoms with Gasteiger partial charge in [-0.3, -0.25) is 0 Å². The molecule has 0 heterocycles. The normalized spacial score (nSPS) is 10.1. The molecule has 0 aliphatic heterocycles.